The maximum Gasteiger partial charge on any atom is 0.165 e. The van der Waals surface area contributed by atoms with Crippen LogP contribution < -0.4 is 4.74 Å². The highest BCUT2D eigenvalue weighted by atomic mass is 19.1. The van der Waals surface area contributed by atoms with Crippen LogP contribution in [0.1, 0.15) is 5.56 Å². The van der Waals surface area contributed by atoms with Crippen molar-refractivity contribution in [2.24, 2.45) is 5.11 Å². The van der Waals surface area contributed by atoms with Crippen molar-refractivity contribution in [2.45, 2.75) is 12.6 Å². The van der Waals surface area contributed by atoms with Crippen LogP contribution in [0.15, 0.2) is 23.3 Å². The van der Waals surface area contributed by atoms with Gasteiger partial charge in [-0.15, -0.1) is 0 Å². The highest BCUT2D eigenvalue weighted by Gasteiger charge is 2.25. The van der Waals surface area contributed by atoms with Crippen LogP contribution in [0.25, 0.3) is 10.4 Å². The van der Waals surface area contributed by atoms with Gasteiger partial charge < -0.3 is 4.74 Å². The van der Waals surface area contributed by atoms with Crippen LogP contribution >= 0.6 is 0 Å². The maximum absolute atomic E-state index is 13.4. The van der Waals surface area contributed by atoms with Crippen LogP contribution in [0.4, 0.5) is 4.39 Å². The van der Waals surface area contributed by atoms with Gasteiger partial charge in [-0.1, -0.05) is 11.2 Å². The molecule has 2 rings (SSSR count). The summed E-state index contributed by atoms with van der Waals surface area (Å²) in [4.78, 5) is 4.86. The number of nitrogens with zero attached hydrogens (tertiary/aromatic N) is 4. The van der Waals surface area contributed by atoms with Gasteiger partial charge in [0.15, 0.2) is 11.6 Å². The molecule has 0 atom stereocenters. The monoisotopic (exact) mass is 236 g/mol. The first-order chi connectivity index (χ1) is 8.22. The lowest BCUT2D eigenvalue weighted by molar-refractivity contribution is 0.142. The Bertz CT molecular complexity index is 453. The number of hydrogen-bond acceptors (Lipinski definition) is 3. The molecule has 1 aliphatic heterocycles. The van der Waals surface area contributed by atoms with Crippen molar-refractivity contribution in [3.05, 3.63) is 40.0 Å². The summed E-state index contributed by atoms with van der Waals surface area (Å²) in [6.45, 7) is 2.13. The van der Waals surface area contributed by atoms with Crippen LogP contribution in [-0.2, 0) is 6.54 Å². The molecule has 1 aliphatic rings. The van der Waals surface area contributed by atoms with Gasteiger partial charge in [-0.3, -0.25) is 4.90 Å². The molecule has 90 valence electrons. The second-order valence-electron chi connectivity index (χ2n) is 4.02. The molecule has 0 unspecified atom stereocenters. The molecule has 1 aromatic rings. The lowest BCUT2D eigenvalue weighted by Gasteiger charge is -2.36. The van der Waals surface area contributed by atoms with E-state index < -0.39 is 0 Å². The number of azide groups is 1. The predicted molar refractivity (Wildman–Crippen MR) is 61.2 cm³/mol. The first-order valence-corrected chi connectivity index (χ1v) is 5.32. The fourth-order valence-corrected chi connectivity index (χ4v) is 1.88. The summed E-state index contributed by atoms with van der Waals surface area (Å²) in [6, 6.07) is 4.99. The molecule has 1 heterocycles. The molecular formula is C11H13FN4O. The van der Waals surface area contributed by atoms with E-state index in [4.69, 9.17) is 10.3 Å². The van der Waals surface area contributed by atoms with Crippen LogP contribution in [0, 0.1) is 5.82 Å². The van der Waals surface area contributed by atoms with Gasteiger partial charge in [0.25, 0.3) is 0 Å². The Morgan fingerprint density at radius 2 is 2.35 bits per heavy atom. The SMILES string of the molecule is COc1ccc(CN2CC(N=[N+]=[N-])C2)cc1F. The van der Waals surface area contributed by atoms with Crippen LogP contribution in [0.5, 0.6) is 5.75 Å². The second kappa shape index (κ2) is 5.03. The van der Waals surface area contributed by atoms with E-state index in [1.807, 2.05) is 6.07 Å². The zero-order valence-electron chi connectivity index (χ0n) is 9.51. The highest BCUT2D eigenvalue weighted by Crippen LogP contribution is 2.21. The Kier molecular flexibility index (Phi) is 3.46. The Morgan fingerprint density at radius 1 is 1.59 bits per heavy atom. The van der Waals surface area contributed by atoms with Gasteiger partial charge in [-0.2, -0.15) is 0 Å². The minimum atomic E-state index is -0.350. The zero-order chi connectivity index (χ0) is 12.3. The second-order valence-corrected chi connectivity index (χ2v) is 4.02. The quantitative estimate of drug-likeness (QED) is 0.457. The number of halogens is 1. The standard InChI is InChI=1S/C11H13FN4O/c1-17-11-3-2-8(4-10(11)12)5-16-6-9(7-16)14-15-13/h2-4,9H,5-7H2,1H3. The molecule has 0 aromatic heterocycles. The van der Waals surface area contributed by atoms with Gasteiger partial charge in [-0.25, -0.2) is 4.39 Å². The Morgan fingerprint density at radius 3 is 2.94 bits per heavy atom. The van der Waals surface area contributed by atoms with Gasteiger partial charge in [0.2, 0.25) is 0 Å². The molecule has 17 heavy (non-hydrogen) atoms. The van der Waals surface area contributed by atoms with E-state index in [2.05, 4.69) is 14.9 Å². The van der Waals surface area contributed by atoms with Gasteiger partial charge in [0.05, 0.1) is 13.2 Å². The van der Waals surface area contributed by atoms with Crippen molar-refractivity contribution in [2.75, 3.05) is 20.2 Å². The molecule has 0 aliphatic carbocycles. The van der Waals surface area contributed by atoms with Crippen LogP contribution in [0.3, 0.4) is 0 Å². The maximum atomic E-state index is 13.4. The first kappa shape index (κ1) is 11.7. The minimum absolute atomic E-state index is 0.0584. The van der Waals surface area contributed by atoms with Gasteiger partial charge in [-0.05, 0) is 23.2 Å². The van der Waals surface area contributed by atoms with Crippen LogP contribution in [-0.4, -0.2) is 31.1 Å². The molecule has 0 N–H and O–H groups in total. The number of hydrogen-bond donors (Lipinski definition) is 0. The van der Waals surface area contributed by atoms with E-state index in [9.17, 15) is 4.39 Å². The number of likely N-dealkylation sites (tertiary alicyclic amines) is 1. The summed E-state index contributed by atoms with van der Waals surface area (Å²) < 4.78 is 18.3. The van der Waals surface area contributed by atoms with Gasteiger partial charge in [0, 0.05) is 24.5 Å². The third-order valence-corrected chi connectivity index (χ3v) is 2.78. The van der Waals surface area contributed by atoms with Crippen molar-refractivity contribution >= 4 is 0 Å². The molecule has 0 radical (unpaired) electrons. The Labute approximate surface area is 98.4 Å². The fourth-order valence-electron chi connectivity index (χ4n) is 1.88. The molecule has 0 bridgehead atoms. The van der Waals surface area contributed by atoms with E-state index in [-0.39, 0.29) is 17.6 Å². The number of rotatable bonds is 4. The molecule has 1 aromatic carbocycles. The Hall–Kier alpha value is -1.78. The summed E-state index contributed by atoms with van der Waals surface area (Å²) in [7, 11) is 1.44. The van der Waals surface area contributed by atoms with E-state index in [1.165, 1.54) is 13.2 Å². The summed E-state index contributed by atoms with van der Waals surface area (Å²) in [5, 5.41) is 3.61. The molecule has 0 saturated carbocycles. The molecule has 0 spiro atoms. The lowest BCUT2D eigenvalue weighted by Crippen LogP contribution is -2.48. The van der Waals surface area contributed by atoms with E-state index >= 15 is 0 Å². The molecule has 6 heteroatoms. The van der Waals surface area contributed by atoms with Gasteiger partial charge in [0.1, 0.15) is 0 Å². The Balaban J connectivity index is 1.92. The van der Waals surface area contributed by atoms with E-state index in [0.717, 1.165) is 18.7 Å². The summed E-state index contributed by atoms with van der Waals surface area (Å²) >= 11 is 0. The van der Waals surface area contributed by atoms with Crippen molar-refractivity contribution in [3.8, 4) is 5.75 Å². The fraction of sp³-hybridized carbons (Fsp3) is 0.455. The molecule has 5 nitrogen and oxygen atoms in total. The molecule has 1 fully saturated rings. The van der Waals surface area contributed by atoms with Crippen molar-refractivity contribution < 1.29 is 9.13 Å². The summed E-state index contributed by atoms with van der Waals surface area (Å²) in [6.07, 6.45) is 0. The normalized spacial score (nSPS) is 16.1. The average Bonchev–Trinajstić information content (AvgIpc) is 2.26. The topological polar surface area (TPSA) is 61.2 Å². The largest absolute Gasteiger partial charge is 0.494 e. The van der Waals surface area contributed by atoms with Crippen molar-refractivity contribution in [3.63, 3.8) is 0 Å². The van der Waals surface area contributed by atoms with E-state index in [1.54, 1.807) is 6.07 Å². The summed E-state index contributed by atoms with van der Waals surface area (Å²) in [5.41, 5.74) is 9.14. The molecule has 0 amide bonds. The third-order valence-electron chi connectivity index (χ3n) is 2.78. The smallest absolute Gasteiger partial charge is 0.165 e. The number of benzene rings is 1. The van der Waals surface area contributed by atoms with Crippen molar-refractivity contribution in [1.29, 1.82) is 0 Å². The summed E-state index contributed by atoms with van der Waals surface area (Å²) in [5.74, 6) is -0.0959. The molecule has 1 saturated heterocycles. The molecular weight excluding hydrogens is 223 g/mol. The number of methoxy groups -OCH3 is 1. The first-order valence-electron chi connectivity index (χ1n) is 5.32. The minimum Gasteiger partial charge on any atom is -0.494 e. The predicted octanol–water partition coefficient (Wildman–Crippen LogP) is 2.33. The van der Waals surface area contributed by atoms with Gasteiger partial charge >= 0.3 is 0 Å². The van der Waals surface area contributed by atoms with Crippen LogP contribution in [0.2, 0.25) is 0 Å². The third kappa shape index (κ3) is 2.67. The lowest BCUT2D eigenvalue weighted by atomic mass is 10.1. The highest BCUT2D eigenvalue weighted by molar-refractivity contribution is 5.29. The zero-order valence-corrected chi connectivity index (χ0v) is 9.51. The average molecular weight is 236 g/mol. The van der Waals surface area contributed by atoms with Crippen molar-refractivity contribution in [1.82, 2.24) is 4.90 Å². The number of ether oxygens (including phenoxy) is 1. The van der Waals surface area contributed by atoms with E-state index in [0.29, 0.717) is 6.54 Å².